The molecule has 0 amide bonds. The Balaban J connectivity index is 1.72. The Bertz CT molecular complexity index is 132. The molecule has 0 heterocycles. The van der Waals surface area contributed by atoms with Crippen LogP contribution in [0.5, 0.6) is 0 Å². The van der Waals surface area contributed by atoms with Crippen LogP contribution in [0.3, 0.4) is 0 Å². The summed E-state index contributed by atoms with van der Waals surface area (Å²) in [6.45, 7) is 0. The van der Waals surface area contributed by atoms with E-state index in [0.29, 0.717) is 6.10 Å². The lowest BCUT2D eigenvalue weighted by Crippen LogP contribution is -2.18. The highest BCUT2D eigenvalue weighted by Crippen LogP contribution is 2.42. The Hall–Kier alpha value is 0.137. The molecule has 2 rings (SSSR count). The van der Waals surface area contributed by atoms with Gasteiger partial charge in [0.25, 0.3) is 0 Å². The van der Waals surface area contributed by atoms with Crippen LogP contribution in [-0.2, 0) is 4.43 Å². The lowest BCUT2D eigenvalue weighted by molar-refractivity contribution is 0.145. The summed E-state index contributed by atoms with van der Waals surface area (Å²) in [5.41, 5.74) is 0. The zero-order chi connectivity index (χ0) is 7.68. The second-order valence-electron chi connectivity index (χ2n) is 3.85. The van der Waals surface area contributed by atoms with Crippen molar-refractivity contribution in [2.75, 3.05) is 0 Å². The highest BCUT2D eigenvalue weighted by atomic mass is 28.2. The Morgan fingerprint density at radius 2 is 2.09 bits per heavy atom. The van der Waals surface area contributed by atoms with Gasteiger partial charge in [0.15, 0.2) is 0 Å². The van der Waals surface area contributed by atoms with Gasteiger partial charge in [-0.3, -0.25) is 0 Å². The molecule has 0 aromatic carbocycles. The maximum Gasteiger partial charge on any atom is 0.302 e. The third-order valence-corrected chi connectivity index (χ3v) is 3.28. The minimum absolute atomic E-state index is 0.444. The summed E-state index contributed by atoms with van der Waals surface area (Å²) in [6, 6.07) is 0. The van der Waals surface area contributed by atoms with E-state index in [1.165, 1.54) is 32.1 Å². The Labute approximate surface area is 70.0 Å². The first-order valence-corrected chi connectivity index (χ1v) is 5.83. The van der Waals surface area contributed by atoms with Crippen LogP contribution in [0.25, 0.3) is 0 Å². The molecule has 1 N–H and O–H groups in total. The first-order valence-electron chi connectivity index (χ1n) is 4.62. The summed E-state index contributed by atoms with van der Waals surface area (Å²) in [6.07, 6.45) is 7.16. The second-order valence-corrected chi connectivity index (χ2v) is 4.44. The van der Waals surface area contributed by atoms with E-state index in [9.17, 15) is 0 Å². The molecule has 0 bridgehead atoms. The fraction of sp³-hybridized carbons (Fsp3) is 1.00. The molecular weight excluding hydrogens is 156 g/mol. The van der Waals surface area contributed by atoms with Crippen LogP contribution in [0, 0.1) is 11.8 Å². The van der Waals surface area contributed by atoms with E-state index in [-0.39, 0.29) is 0 Å². The molecule has 0 saturated heterocycles. The smallest absolute Gasteiger partial charge is 0.302 e. The van der Waals surface area contributed by atoms with E-state index < -0.39 is 10.0 Å². The molecule has 64 valence electrons. The van der Waals surface area contributed by atoms with Crippen molar-refractivity contribution in [1.82, 2.24) is 0 Å². The van der Waals surface area contributed by atoms with Crippen LogP contribution in [-0.4, -0.2) is 20.9 Å². The van der Waals surface area contributed by atoms with Gasteiger partial charge < -0.3 is 9.22 Å². The van der Waals surface area contributed by atoms with Crippen LogP contribution in [0.1, 0.15) is 32.1 Å². The van der Waals surface area contributed by atoms with Gasteiger partial charge >= 0.3 is 10.0 Å². The number of hydrogen-bond acceptors (Lipinski definition) is 2. The zero-order valence-electron chi connectivity index (χ0n) is 6.83. The molecule has 2 aliphatic rings. The van der Waals surface area contributed by atoms with Gasteiger partial charge in [0.05, 0.1) is 0 Å². The number of rotatable bonds is 5. The first-order chi connectivity index (χ1) is 5.40. The van der Waals surface area contributed by atoms with Crippen molar-refractivity contribution in [3.8, 4) is 0 Å². The van der Waals surface area contributed by atoms with Gasteiger partial charge in [0, 0.05) is 6.10 Å². The highest BCUT2D eigenvalue weighted by molar-refractivity contribution is 6.15. The number of hydrogen-bond donors (Lipinski definition) is 1. The largest absolute Gasteiger partial charge is 0.415 e. The van der Waals surface area contributed by atoms with Crippen LogP contribution >= 0.6 is 0 Å². The van der Waals surface area contributed by atoms with E-state index in [2.05, 4.69) is 0 Å². The van der Waals surface area contributed by atoms with E-state index in [1.54, 1.807) is 0 Å². The molecular formula is C8H16O2Si. The van der Waals surface area contributed by atoms with E-state index >= 15 is 0 Å². The highest BCUT2D eigenvalue weighted by Gasteiger charge is 2.35. The maximum atomic E-state index is 8.76. The molecule has 0 aromatic heterocycles. The van der Waals surface area contributed by atoms with Crippen LogP contribution in [0.15, 0.2) is 0 Å². The van der Waals surface area contributed by atoms with Crippen LogP contribution < -0.4 is 0 Å². The maximum absolute atomic E-state index is 8.76. The molecule has 0 radical (unpaired) electrons. The molecule has 2 aliphatic carbocycles. The average Bonchev–Trinajstić information content (AvgIpc) is 2.84. The SMILES string of the molecule is O[SiH2]OC(CC1CC1)C1CC1. The van der Waals surface area contributed by atoms with Gasteiger partial charge in [-0.1, -0.05) is 12.8 Å². The summed E-state index contributed by atoms with van der Waals surface area (Å²) in [5.74, 6) is 1.76. The van der Waals surface area contributed by atoms with E-state index in [1.807, 2.05) is 0 Å². The van der Waals surface area contributed by atoms with Gasteiger partial charge in [-0.15, -0.1) is 0 Å². The van der Waals surface area contributed by atoms with Crippen molar-refractivity contribution in [3.63, 3.8) is 0 Å². The zero-order valence-corrected chi connectivity index (χ0v) is 8.24. The normalized spacial score (nSPS) is 28.1. The van der Waals surface area contributed by atoms with Crippen LogP contribution in [0.2, 0.25) is 0 Å². The summed E-state index contributed by atoms with van der Waals surface area (Å²) >= 11 is 0. The van der Waals surface area contributed by atoms with Crippen molar-refractivity contribution in [2.24, 2.45) is 11.8 Å². The fourth-order valence-corrected chi connectivity index (χ4v) is 2.24. The molecule has 0 spiro atoms. The lowest BCUT2D eigenvalue weighted by Gasteiger charge is -2.14. The van der Waals surface area contributed by atoms with Gasteiger partial charge in [0.2, 0.25) is 0 Å². The Kier molecular flexibility index (Phi) is 2.30. The van der Waals surface area contributed by atoms with Crippen molar-refractivity contribution < 1.29 is 9.22 Å². The topological polar surface area (TPSA) is 29.5 Å². The minimum atomic E-state index is -1.15. The Morgan fingerprint density at radius 1 is 1.36 bits per heavy atom. The average molecular weight is 172 g/mol. The third-order valence-electron chi connectivity index (χ3n) is 2.70. The molecule has 0 aliphatic heterocycles. The molecule has 1 atom stereocenters. The molecule has 2 nitrogen and oxygen atoms in total. The van der Waals surface area contributed by atoms with Gasteiger partial charge in [-0.25, -0.2) is 0 Å². The van der Waals surface area contributed by atoms with Crippen molar-refractivity contribution in [3.05, 3.63) is 0 Å². The van der Waals surface area contributed by atoms with Gasteiger partial charge in [-0.2, -0.15) is 0 Å². The summed E-state index contributed by atoms with van der Waals surface area (Å²) in [5, 5.41) is 0. The van der Waals surface area contributed by atoms with Crippen molar-refractivity contribution in [1.29, 1.82) is 0 Å². The Morgan fingerprint density at radius 3 is 2.55 bits per heavy atom. The molecule has 3 heteroatoms. The van der Waals surface area contributed by atoms with E-state index in [0.717, 1.165) is 11.8 Å². The molecule has 2 saturated carbocycles. The predicted molar refractivity (Wildman–Crippen MR) is 45.7 cm³/mol. The summed E-state index contributed by atoms with van der Waals surface area (Å²) in [7, 11) is -1.15. The van der Waals surface area contributed by atoms with E-state index in [4.69, 9.17) is 9.22 Å². The molecule has 0 aromatic rings. The first kappa shape index (κ1) is 7.77. The molecule has 1 unspecified atom stereocenters. The third kappa shape index (κ3) is 2.29. The lowest BCUT2D eigenvalue weighted by atomic mass is 10.1. The minimum Gasteiger partial charge on any atom is -0.415 e. The van der Waals surface area contributed by atoms with Crippen molar-refractivity contribution in [2.45, 2.75) is 38.2 Å². The fourth-order valence-electron chi connectivity index (χ4n) is 1.64. The predicted octanol–water partition coefficient (Wildman–Crippen LogP) is 0.573. The van der Waals surface area contributed by atoms with Gasteiger partial charge in [0.1, 0.15) is 0 Å². The van der Waals surface area contributed by atoms with Gasteiger partial charge in [-0.05, 0) is 31.1 Å². The quantitative estimate of drug-likeness (QED) is 0.614. The molecule has 11 heavy (non-hydrogen) atoms. The van der Waals surface area contributed by atoms with Crippen LogP contribution in [0.4, 0.5) is 0 Å². The standard InChI is InChI=1S/C8H16O2Si/c9-11-10-8(7-3-4-7)5-6-1-2-6/h6-9H,1-5,11H2. The molecule has 2 fully saturated rings. The second kappa shape index (κ2) is 3.25. The summed E-state index contributed by atoms with van der Waals surface area (Å²) < 4.78 is 5.41. The summed E-state index contributed by atoms with van der Waals surface area (Å²) in [4.78, 5) is 8.76. The monoisotopic (exact) mass is 172 g/mol. The van der Waals surface area contributed by atoms with Crippen molar-refractivity contribution >= 4 is 10.0 Å².